The number of hydrogen-bond acceptors (Lipinski definition) is 2. The molecule has 82 valence electrons. The Hall–Kier alpha value is -0.470. The van der Waals surface area contributed by atoms with E-state index >= 15 is 0 Å². The molecule has 1 heterocycles. The summed E-state index contributed by atoms with van der Waals surface area (Å²) >= 11 is 2.01. The average molecular weight is 221 g/mol. The van der Waals surface area contributed by atoms with E-state index in [0.29, 0.717) is 6.04 Å². The van der Waals surface area contributed by atoms with Crippen LogP contribution >= 0.6 is 11.8 Å². The fourth-order valence-corrected chi connectivity index (χ4v) is 3.55. The normalized spacial score (nSPS) is 20.1. The van der Waals surface area contributed by atoms with Crippen molar-refractivity contribution >= 4 is 11.8 Å². The minimum Gasteiger partial charge on any atom is -0.310 e. The molecule has 1 N–H and O–H groups in total. The van der Waals surface area contributed by atoms with Crippen molar-refractivity contribution < 1.29 is 0 Å². The number of thioether (sulfide) groups is 1. The Bertz CT molecular complexity index is 360. The van der Waals surface area contributed by atoms with Gasteiger partial charge in [-0.2, -0.15) is 0 Å². The van der Waals surface area contributed by atoms with Crippen LogP contribution in [0.15, 0.2) is 17.0 Å². The predicted octanol–water partition coefficient (Wildman–Crippen LogP) is 3.45. The lowest BCUT2D eigenvalue weighted by atomic mass is 9.99. The molecule has 2 rings (SSSR count). The second-order valence-electron chi connectivity index (χ2n) is 4.25. The van der Waals surface area contributed by atoms with Crippen LogP contribution in [-0.4, -0.2) is 12.3 Å². The SMILES string of the molecule is CCNC1CCSc2c(C)cc(C)cc21. The first-order valence-corrected chi connectivity index (χ1v) is 6.68. The monoisotopic (exact) mass is 221 g/mol. The summed E-state index contributed by atoms with van der Waals surface area (Å²) in [5.41, 5.74) is 4.35. The molecule has 15 heavy (non-hydrogen) atoms. The van der Waals surface area contributed by atoms with Crippen molar-refractivity contribution in [3.05, 3.63) is 28.8 Å². The summed E-state index contributed by atoms with van der Waals surface area (Å²) in [5, 5.41) is 3.58. The first-order chi connectivity index (χ1) is 7.22. The molecular formula is C13H19NS. The predicted molar refractivity (Wildman–Crippen MR) is 67.7 cm³/mol. The highest BCUT2D eigenvalue weighted by Gasteiger charge is 2.21. The maximum atomic E-state index is 3.58. The fourth-order valence-electron chi connectivity index (χ4n) is 2.34. The minimum absolute atomic E-state index is 0.574. The van der Waals surface area contributed by atoms with Gasteiger partial charge in [0.2, 0.25) is 0 Å². The Morgan fingerprint density at radius 3 is 2.93 bits per heavy atom. The van der Waals surface area contributed by atoms with E-state index in [1.54, 1.807) is 0 Å². The van der Waals surface area contributed by atoms with Gasteiger partial charge >= 0.3 is 0 Å². The molecule has 0 aliphatic carbocycles. The molecule has 1 aromatic rings. The maximum Gasteiger partial charge on any atom is 0.0339 e. The summed E-state index contributed by atoms with van der Waals surface area (Å²) in [7, 11) is 0. The van der Waals surface area contributed by atoms with Gasteiger partial charge in [-0.1, -0.05) is 24.6 Å². The second-order valence-corrected chi connectivity index (χ2v) is 5.35. The smallest absolute Gasteiger partial charge is 0.0339 e. The zero-order valence-corrected chi connectivity index (χ0v) is 10.6. The summed E-state index contributed by atoms with van der Waals surface area (Å²) in [6.07, 6.45) is 1.26. The fraction of sp³-hybridized carbons (Fsp3) is 0.538. The van der Waals surface area contributed by atoms with E-state index in [-0.39, 0.29) is 0 Å². The van der Waals surface area contributed by atoms with Crippen molar-refractivity contribution in [2.75, 3.05) is 12.3 Å². The van der Waals surface area contributed by atoms with Crippen LogP contribution in [0.1, 0.15) is 36.1 Å². The lowest BCUT2D eigenvalue weighted by molar-refractivity contribution is 0.526. The van der Waals surface area contributed by atoms with Crippen molar-refractivity contribution in [2.24, 2.45) is 0 Å². The van der Waals surface area contributed by atoms with E-state index in [2.05, 4.69) is 38.2 Å². The highest BCUT2D eigenvalue weighted by Crippen LogP contribution is 2.38. The summed E-state index contributed by atoms with van der Waals surface area (Å²) in [6, 6.07) is 5.21. The third-order valence-corrected chi connectivity index (χ3v) is 4.21. The first-order valence-electron chi connectivity index (χ1n) is 5.69. The summed E-state index contributed by atoms with van der Waals surface area (Å²) in [4.78, 5) is 1.51. The highest BCUT2D eigenvalue weighted by atomic mass is 32.2. The van der Waals surface area contributed by atoms with Gasteiger partial charge in [0.15, 0.2) is 0 Å². The third kappa shape index (κ3) is 2.21. The van der Waals surface area contributed by atoms with Gasteiger partial charge in [0, 0.05) is 10.9 Å². The third-order valence-electron chi connectivity index (χ3n) is 2.93. The zero-order valence-electron chi connectivity index (χ0n) is 9.76. The quantitative estimate of drug-likeness (QED) is 0.821. The largest absolute Gasteiger partial charge is 0.310 e. The van der Waals surface area contributed by atoms with Crippen molar-refractivity contribution in [3.8, 4) is 0 Å². The molecule has 2 heteroatoms. The molecule has 1 unspecified atom stereocenters. The van der Waals surface area contributed by atoms with Crippen molar-refractivity contribution in [3.63, 3.8) is 0 Å². The van der Waals surface area contributed by atoms with E-state index < -0.39 is 0 Å². The van der Waals surface area contributed by atoms with Gasteiger partial charge in [0.1, 0.15) is 0 Å². The molecule has 0 spiro atoms. The molecule has 1 aromatic carbocycles. The van der Waals surface area contributed by atoms with Crippen LogP contribution in [-0.2, 0) is 0 Å². The molecule has 1 nitrogen and oxygen atoms in total. The number of nitrogens with one attached hydrogen (secondary N) is 1. The van der Waals surface area contributed by atoms with Crippen LogP contribution in [0.5, 0.6) is 0 Å². The molecule has 1 atom stereocenters. The van der Waals surface area contributed by atoms with Crippen LogP contribution in [0, 0.1) is 13.8 Å². The molecule has 0 aromatic heterocycles. The van der Waals surface area contributed by atoms with Gasteiger partial charge < -0.3 is 5.32 Å². The van der Waals surface area contributed by atoms with Gasteiger partial charge in [-0.15, -0.1) is 11.8 Å². The zero-order chi connectivity index (χ0) is 10.8. The average Bonchev–Trinajstić information content (AvgIpc) is 2.19. The molecule has 1 aliphatic heterocycles. The Labute approximate surface area is 96.7 Å². The summed E-state index contributed by atoms with van der Waals surface area (Å²) in [6.45, 7) is 7.66. The van der Waals surface area contributed by atoms with Crippen LogP contribution in [0.4, 0.5) is 0 Å². The summed E-state index contributed by atoms with van der Waals surface area (Å²) in [5.74, 6) is 1.24. The Kier molecular flexibility index (Phi) is 3.37. The molecule has 0 saturated carbocycles. The Balaban J connectivity index is 2.41. The number of fused-ring (bicyclic) bond motifs is 1. The van der Waals surface area contributed by atoms with Gasteiger partial charge in [-0.05, 0) is 43.7 Å². The van der Waals surface area contributed by atoms with Gasteiger partial charge in [-0.3, -0.25) is 0 Å². The van der Waals surface area contributed by atoms with Gasteiger partial charge in [0.25, 0.3) is 0 Å². The van der Waals surface area contributed by atoms with Crippen LogP contribution in [0.25, 0.3) is 0 Å². The summed E-state index contributed by atoms with van der Waals surface area (Å²) < 4.78 is 0. The molecular weight excluding hydrogens is 202 g/mol. The van der Waals surface area contributed by atoms with E-state index in [1.165, 1.54) is 33.8 Å². The van der Waals surface area contributed by atoms with Crippen molar-refractivity contribution in [1.29, 1.82) is 0 Å². The number of benzene rings is 1. The lowest BCUT2D eigenvalue weighted by Gasteiger charge is -2.27. The Morgan fingerprint density at radius 1 is 1.40 bits per heavy atom. The van der Waals surface area contributed by atoms with Gasteiger partial charge in [-0.25, -0.2) is 0 Å². The van der Waals surface area contributed by atoms with Crippen LogP contribution in [0.3, 0.4) is 0 Å². The van der Waals surface area contributed by atoms with E-state index in [1.807, 2.05) is 11.8 Å². The van der Waals surface area contributed by atoms with Crippen LogP contribution < -0.4 is 5.32 Å². The molecule has 0 amide bonds. The maximum absolute atomic E-state index is 3.58. The molecule has 0 saturated heterocycles. The minimum atomic E-state index is 0.574. The second kappa shape index (κ2) is 4.58. The standard InChI is InChI=1S/C13H19NS/c1-4-14-12-5-6-15-13-10(3)7-9(2)8-11(12)13/h7-8,12,14H,4-6H2,1-3H3. The van der Waals surface area contributed by atoms with E-state index in [4.69, 9.17) is 0 Å². The topological polar surface area (TPSA) is 12.0 Å². The lowest BCUT2D eigenvalue weighted by Crippen LogP contribution is -2.24. The van der Waals surface area contributed by atoms with Crippen LogP contribution in [0.2, 0.25) is 0 Å². The highest BCUT2D eigenvalue weighted by molar-refractivity contribution is 7.99. The number of aryl methyl sites for hydroxylation is 2. The molecule has 0 bridgehead atoms. The van der Waals surface area contributed by atoms with Gasteiger partial charge in [0.05, 0.1) is 0 Å². The number of hydrogen-bond donors (Lipinski definition) is 1. The molecule has 1 aliphatic rings. The van der Waals surface area contributed by atoms with Crippen molar-refractivity contribution in [2.45, 2.75) is 38.1 Å². The Morgan fingerprint density at radius 2 is 2.20 bits per heavy atom. The molecule has 0 fully saturated rings. The molecule has 0 radical (unpaired) electrons. The first kappa shape index (κ1) is 11.0. The van der Waals surface area contributed by atoms with Crippen molar-refractivity contribution in [1.82, 2.24) is 5.32 Å². The van der Waals surface area contributed by atoms with E-state index in [0.717, 1.165) is 6.54 Å². The number of rotatable bonds is 2. The van der Waals surface area contributed by atoms with E-state index in [9.17, 15) is 0 Å².